The van der Waals surface area contributed by atoms with Crippen LogP contribution in [0.2, 0.25) is 5.02 Å². The maximum Gasteiger partial charge on any atom is 0.265 e. The lowest BCUT2D eigenvalue weighted by Gasteiger charge is -2.02. The minimum atomic E-state index is 0.422. The smallest absolute Gasteiger partial charge is 0.265 e. The van der Waals surface area contributed by atoms with Gasteiger partial charge in [-0.1, -0.05) is 11.6 Å². The van der Waals surface area contributed by atoms with Crippen molar-refractivity contribution in [1.82, 2.24) is 10.1 Å². The Balaban J connectivity index is 2.39. The fourth-order valence-electron chi connectivity index (χ4n) is 1.17. The second kappa shape index (κ2) is 4.02. The van der Waals surface area contributed by atoms with Crippen molar-refractivity contribution >= 4 is 23.2 Å². The molecule has 0 aliphatic heterocycles. The van der Waals surface area contributed by atoms with Gasteiger partial charge in [0, 0.05) is 19.7 Å². The minimum absolute atomic E-state index is 0.422. The Hall–Kier alpha value is -1.75. The first-order valence-electron chi connectivity index (χ1n) is 4.64. The van der Waals surface area contributed by atoms with E-state index in [1.54, 1.807) is 23.1 Å². The van der Waals surface area contributed by atoms with Crippen molar-refractivity contribution in [1.29, 1.82) is 0 Å². The molecular weight excluding hydrogens is 228 g/mol. The van der Waals surface area contributed by atoms with Crippen LogP contribution in [0.3, 0.4) is 0 Å². The van der Waals surface area contributed by atoms with Crippen molar-refractivity contribution in [2.75, 3.05) is 24.7 Å². The molecule has 84 valence electrons. The molecule has 2 N–H and O–H groups in total. The van der Waals surface area contributed by atoms with Crippen LogP contribution in [0.4, 0.5) is 11.6 Å². The predicted octanol–water partition coefficient (Wildman–Crippen LogP) is 2.04. The molecule has 0 aliphatic carbocycles. The van der Waals surface area contributed by atoms with Crippen molar-refractivity contribution in [2.45, 2.75) is 0 Å². The summed E-state index contributed by atoms with van der Waals surface area (Å²) in [5, 5.41) is 4.28. The van der Waals surface area contributed by atoms with Gasteiger partial charge in [-0.05, 0) is 23.4 Å². The van der Waals surface area contributed by atoms with E-state index in [0.29, 0.717) is 22.5 Å². The Morgan fingerprint density at radius 2 is 2.12 bits per heavy atom. The molecule has 0 bridgehead atoms. The third kappa shape index (κ3) is 1.94. The lowest BCUT2D eigenvalue weighted by molar-refractivity contribution is 0.431. The predicted molar refractivity (Wildman–Crippen MR) is 63.5 cm³/mol. The van der Waals surface area contributed by atoms with Crippen LogP contribution in [0.15, 0.2) is 22.7 Å². The van der Waals surface area contributed by atoms with Gasteiger partial charge in [0.25, 0.3) is 11.8 Å². The second-order valence-corrected chi connectivity index (χ2v) is 3.94. The number of halogens is 1. The van der Waals surface area contributed by atoms with E-state index in [4.69, 9.17) is 21.9 Å². The van der Waals surface area contributed by atoms with Gasteiger partial charge >= 0.3 is 0 Å². The topological polar surface area (TPSA) is 68.2 Å². The normalized spacial score (nSPS) is 10.4. The van der Waals surface area contributed by atoms with E-state index in [-0.39, 0.29) is 0 Å². The quantitative estimate of drug-likeness (QED) is 0.811. The van der Waals surface area contributed by atoms with Crippen molar-refractivity contribution in [2.24, 2.45) is 0 Å². The summed E-state index contributed by atoms with van der Waals surface area (Å²) in [5.41, 5.74) is 6.89. The number of nitrogens with zero attached hydrogens (tertiary/aromatic N) is 3. The first-order chi connectivity index (χ1) is 7.58. The van der Waals surface area contributed by atoms with Crippen LogP contribution in [0, 0.1) is 0 Å². The number of aromatic nitrogens is 2. The molecule has 0 spiro atoms. The maximum absolute atomic E-state index is 5.91. The maximum atomic E-state index is 5.91. The molecule has 16 heavy (non-hydrogen) atoms. The van der Waals surface area contributed by atoms with E-state index in [1.807, 2.05) is 14.1 Å². The first kappa shape index (κ1) is 10.8. The zero-order valence-electron chi connectivity index (χ0n) is 8.94. The van der Waals surface area contributed by atoms with E-state index < -0.39 is 0 Å². The fraction of sp³-hybridized carbons (Fsp3) is 0.200. The summed E-state index contributed by atoms with van der Waals surface area (Å²) in [7, 11) is 3.68. The summed E-state index contributed by atoms with van der Waals surface area (Å²) in [6.07, 6.45) is 0. The van der Waals surface area contributed by atoms with Gasteiger partial charge in [-0.25, -0.2) is 0 Å². The van der Waals surface area contributed by atoms with Gasteiger partial charge in [-0.2, -0.15) is 4.98 Å². The number of nitrogen functional groups attached to an aromatic ring is 1. The Morgan fingerprint density at radius 1 is 1.38 bits per heavy atom. The molecule has 0 unspecified atom stereocenters. The second-order valence-electron chi connectivity index (χ2n) is 3.53. The Morgan fingerprint density at radius 3 is 2.69 bits per heavy atom. The summed E-state index contributed by atoms with van der Waals surface area (Å²) < 4.78 is 5.10. The number of nitrogens with two attached hydrogens (primary N) is 1. The van der Waals surface area contributed by atoms with Crippen molar-refractivity contribution in [3.63, 3.8) is 0 Å². The fourth-order valence-corrected chi connectivity index (χ4v) is 1.36. The molecule has 1 aromatic heterocycles. The van der Waals surface area contributed by atoms with Gasteiger partial charge < -0.3 is 15.2 Å². The van der Waals surface area contributed by atoms with Crippen molar-refractivity contribution in [3.05, 3.63) is 23.2 Å². The highest BCUT2D eigenvalue weighted by atomic mass is 35.5. The largest absolute Gasteiger partial charge is 0.398 e. The molecule has 0 saturated heterocycles. The Labute approximate surface area is 97.8 Å². The molecule has 1 heterocycles. The number of anilines is 2. The standard InChI is InChI=1S/C10H11ClN4O/c1-15(2)10-13-9(16-14-10)6-3-4-8(12)7(11)5-6/h3-5H,12H2,1-2H3. The molecule has 5 nitrogen and oxygen atoms in total. The van der Waals surface area contributed by atoms with Crippen molar-refractivity contribution < 1.29 is 4.52 Å². The van der Waals surface area contributed by atoms with E-state index in [0.717, 1.165) is 5.56 Å². The van der Waals surface area contributed by atoms with Crippen LogP contribution >= 0.6 is 11.6 Å². The molecule has 1 aromatic carbocycles. The molecule has 0 aliphatic rings. The number of hydrogen-bond acceptors (Lipinski definition) is 5. The average Bonchev–Trinajstić information content (AvgIpc) is 2.71. The zero-order chi connectivity index (χ0) is 11.7. The molecule has 2 rings (SSSR count). The van der Waals surface area contributed by atoms with Gasteiger partial charge in [0.15, 0.2) is 0 Å². The van der Waals surface area contributed by atoms with Crippen LogP contribution in [0.1, 0.15) is 0 Å². The minimum Gasteiger partial charge on any atom is -0.398 e. The molecule has 0 saturated carbocycles. The lowest BCUT2D eigenvalue weighted by Crippen LogP contribution is -2.10. The van der Waals surface area contributed by atoms with E-state index in [9.17, 15) is 0 Å². The van der Waals surface area contributed by atoms with Crippen LogP contribution in [0.25, 0.3) is 11.5 Å². The number of rotatable bonds is 2. The highest BCUT2D eigenvalue weighted by Crippen LogP contribution is 2.26. The van der Waals surface area contributed by atoms with Gasteiger partial charge in [-0.15, -0.1) is 0 Å². The van der Waals surface area contributed by atoms with Crippen LogP contribution in [-0.2, 0) is 0 Å². The molecule has 0 fully saturated rings. The van der Waals surface area contributed by atoms with Gasteiger partial charge in [0.05, 0.1) is 10.7 Å². The van der Waals surface area contributed by atoms with Crippen LogP contribution in [0.5, 0.6) is 0 Å². The third-order valence-corrected chi connectivity index (χ3v) is 2.39. The van der Waals surface area contributed by atoms with Crippen LogP contribution in [-0.4, -0.2) is 24.2 Å². The van der Waals surface area contributed by atoms with E-state index >= 15 is 0 Å². The van der Waals surface area contributed by atoms with E-state index in [1.165, 1.54) is 0 Å². The van der Waals surface area contributed by atoms with Crippen LogP contribution < -0.4 is 10.6 Å². The molecule has 0 radical (unpaired) electrons. The SMILES string of the molecule is CN(C)c1noc(-c2ccc(N)c(Cl)c2)n1. The monoisotopic (exact) mass is 238 g/mol. The summed E-state index contributed by atoms with van der Waals surface area (Å²) in [6.45, 7) is 0. The molecule has 0 amide bonds. The zero-order valence-corrected chi connectivity index (χ0v) is 9.69. The van der Waals surface area contributed by atoms with Crippen molar-refractivity contribution in [3.8, 4) is 11.5 Å². The van der Waals surface area contributed by atoms with E-state index in [2.05, 4.69) is 10.1 Å². The molecule has 6 heteroatoms. The summed E-state index contributed by atoms with van der Waals surface area (Å²) >= 11 is 5.91. The molecule has 0 atom stereocenters. The average molecular weight is 239 g/mol. The van der Waals surface area contributed by atoms with Gasteiger partial charge in [-0.3, -0.25) is 0 Å². The number of hydrogen-bond donors (Lipinski definition) is 1. The lowest BCUT2D eigenvalue weighted by atomic mass is 10.2. The number of benzene rings is 1. The Kier molecular flexibility index (Phi) is 2.70. The third-order valence-electron chi connectivity index (χ3n) is 2.06. The summed E-state index contributed by atoms with van der Waals surface area (Å²) in [5.74, 6) is 0.938. The molecular formula is C10H11ClN4O. The summed E-state index contributed by atoms with van der Waals surface area (Å²) in [4.78, 5) is 5.96. The van der Waals surface area contributed by atoms with Gasteiger partial charge in [0.1, 0.15) is 0 Å². The van der Waals surface area contributed by atoms with Gasteiger partial charge in [0.2, 0.25) is 0 Å². The molecule has 2 aromatic rings. The Bertz CT molecular complexity index is 509. The highest BCUT2D eigenvalue weighted by Gasteiger charge is 2.10. The first-order valence-corrected chi connectivity index (χ1v) is 5.02. The highest BCUT2D eigenvalue weighted by molar-refractivity contribution is 6.33. The summed E-state index contributed by atoms with van der Waals surface area (Å²) in [6, 6.07) is 5.19.